The van der Waals surface area contributed by atoms with Crippen LogP contribution in [-0.2, 0) is 16.6 Å². The van der Waals surface area contributed by atoms with Crippen molar-refractivity contribution < 1.29 is 9.59 Å². The van der Waals surface area contributed by atoms with Crippen LogP contribution >= 0.6 is 11.6 Å². The van der Waals surface area contributed by atoms with Crippen molar-refractivity contribution in [1.82, 2.24) is 4.57 Å². The van der Waals surface area contributed by atoms with Gasteiger partial charge in [0.15, 0.2) is 0 Å². The minimum absolute atomic E-state index is 0.0766. The molecule has 0 aliphatic carbocycles. The van der Waals surface area contributed by atoms with Gasteiger partial charge in [0.25, 0.3) is 5.91 Å². The maximum Gasteiger partial charge on any atom is 0.259 e. The Labute approximate surface area is 167 Å². The normalized spacial score (nSPS) is 14.4. The number of amides is 2. The fourth-order valence-electron chi connectivity index (χ4n) is 3.29. The Morgan fingerprint density at radius 3 is 2.68 bits per heavy atom. The Morgan fingerprint density at radius 2 is 1.93 bits per heavy atom. The first kappa shape index (κ1) is 18.1. The molecule has 6 heteroatoms. The van der Waals surface area contributed by atoms with Gasteiger partial charge in [-0.15, -0.1) is 0 Å². The summed E-state index contributed by atoms with van der Waals surface area (Å²) in [6.07, 6.45) is 3.78. The van der Waals surface area contributed by atoms with Gasteiger partial charge in [0.1, 0.15) is 6.54 Å². The Balaban J connectivity index is 1.61. The van der Waals surface area contributed by atoms with E-state index in [4.69, 9.17) is 11.6 Å². The zero-order valence-electron chi connectivity index (χ0n) is 15.2. The number of carbonyl (C=O) groups is 2. The van der Waals surface area contributed by atoms with Gasteiger partial charge < -0.3 is 9.88 Å². The number of anilines is 2. The predicted molar refractivity (Wildman–Crippen MR) is 112 cm³/mol. The van der Waals surface area contributed by atoms with E-state index in [1.807, 2.05) is 60.3 Å². The average molecular weight is 392 g/mol. The summed E-state index contributed by atoms with van der Waals surface area (Å²) in [7, 11) is 1.92. The summed E-state index contributed by atoms with van der Waals surface area (Å²) in [6, 6.07) is 18.3. The van der Waals surface area contributed by atoms with Crippen LogP contribution in [0.2, 0.25) is 5.02 Å². The van der Waals surface area contributed by atoms with Crippen LogP contribution in [0, 0.1) is 0 Å². The average Bonchev–Trinajstić information content (AvgIpc) is 3.19. The highest BCUT2D eigenvalue weighted by atomic mass is 35.5. The number of carbonyl (C=O) groups excluding carboxylic acids is 2. The number of nitrogens with zero attached hydrogens (tertiary/aromatic N) is 2. The summed E-state index contributed by atoms with van der Waals surface area (Å²) in [5.41, 5.74) is 3.65. The molecule has 0 fully saturated rings. The molecular weight excluding hydrogens is 374 g/mol. The standard InChI is InChI=1S/C22H18ClN3O2/c1-25-11-5-8-17(25)13-19-18-9-2-3-10-20(18)26(22(19)28)14-21(27)24-16-7-4-6-15(23)12-16/h2-13H,14H2,1H3,(H,24,27)/b19-13+. The minimum atomic E-state index is -0.287. The van der Waals surface area contributed by atoms with E-state index in [0.29, 0.717) is 16.3 Å². The zero-order chi connectivity index (χ0) is 19.7. The van der Waals surface area contributed by atoms with E-state index in [9.17, 15) is 9.59 Å². The number of fused-ring (bicyclic) bond motifs is 1. The number of rotatable bonds is 4. The van der Waals surface area contributed by atoms with E-state index < -0.39 is 0 Å². The van der Waals surface area contributed by atoms with E-state index in [2.05, 4.69) is 5.32 Å². The zero-order valence-corrected chi connectivity index (χ0v) is 16.0. The minimum Gasteiger partial charge on any atom is -0.351 e. The first-order valence-electron chi connectivity index (χ1n) is 8.82. The number of halogens is 1. The molecule has 1 aliphatic heterocycles. The molecule has 0 saturated heterocycles. The lowest BCUT2D eigenvalue weighted by atomic mass is 10.1. The molecule has 0 spiro atoms. The SMILES string of the molecule is Cn1cccc1/C=C1/C(=O)N(CC(=O)Nc2cccc(Cl)c2)c2ccccc21. The molecule has 1 N–H and O–H groups in total. The lowest BCUT2D eigenvalue weighted by molar-refractivity contribution is -0.118. The van der Waals surface area contributed by atoms with Gasteiger partial charge in [-0.1, -0.05) is 35.9 Å². The summed E-state index contributed by atoms with van der Waals surface area (Å²) in [5, 5.41) is 3.33. The third kappa shape index (κ3) is 3.44. The summed E-state index contributed by atoms with van der Waals surface area (Å²) in [5.74, 6) is -0.478. The maximum atomic E-state index is 13.1. The Hall–Kier alpha value is -3.31. The molecule has 2 aromatic carbocycles. The van der Waals surface area contributed by atoms with E-state index in [0.717, 1.165) is 16.9 Å². The Bertz CT molecular complexity index is 1100. The topological polar surface area (TPSA) is 54.3 Å². The fourth-order valence-corrected chi connectivity index (χ4v) is 3.48. The van der Waals surface area contributed by atoms with E-state index >= 15 is 0 Å². The Kier molecular flexibility index (Phi) is 4.75. The number of hydrogen-bond donors (Lipinski definition) is 1. The van der Waals surface area contributed by atoms with E-state index in [-0.39, 0.29) is 18.4 Å². The van der Waals surface area contributed by atoms with Crippen LogP contribution in [0.1, 0.15) is 11.3 Å². The lowest BCUT2D eigenvalue weighted by Crippen LogP contribution is -2.35. The molecule has 0 atom stereocenters. The number of hydrogen-bond acceptors (Lipinski definition) is 2. The number of para-hydroxylation sites is 1. The van der Waals surface area contributed by atoms with Gasteiger partial charge in [0, 0.05) is 35.2 Å². The van der Waals surface area contributed by atoms with E-state index in [1.54, 1.807) is 24.3 Å². The fraction of sp³-hybridized carbons (Fsp3) is 0.0909. The number of nitrogens with one attached hydrogen (secondary N) is 1. The number of aromatic nitrogens is 1. The summed E-state index contributed by atoms with van der Waals surface area (Å²) >= 11 is 5.96. The Morgan fingerprint density at radius 1 is 1.11 bits per heavy atom. The van der Waals surface area contributed by atoms with Gasteiger partial charge >= 0.3 is 0 Å². The van der Waals surface area contributed by atoms with Crippen molar-refractivity contribution in [2.24, 2.45) is 7.05 Å². The summed E-state index contributed by atoms with van der Waals surface area (Å²) in [4.78, 5) is 27.1. The smallest absolute Gasteiger partial charge is 0.259 e. The molecular formula is C22H18ClN3O2. The molecule has 0 unspecified atom stereocenters. The first-order chi connectivity index (χ1) is 13.5. The quantitative estimate of drug-likeness (QED) is 0.677. The molecule has 28 heavy (non-hydrogen) atoms. The van der Waals surface area contributed by atoms with Crippen LogP contribution in [-0.4, -0.2) is 22.9 Å². The van der Waals surface area contributed by atoms with Crippen LogP contribution in [0.5, 0.6) is 0 Å². The highest BCUT2D eigenvalue weighted by molar-refractivity contribution is 6.36. The molecule has 2 heterocycles. The summed E-state index contributed by atoms with van der Waals surface area (Å²) in [6.45, 7) is -0.0766. The van der Waals surface area contributed by atoms with Crippen LogP contribution in [0.25, 0.3) is 11.6 Å². The largest absolute Gasteiger partial charge is 0.351 e. The van der Waals surface area contributed by atoms with Crippen LogP contribution < -0.4 is 10.2 Å². The lowest BCUT2D eigenvalue weighted by Gasteiger charge is -2.16. The molecule has 0 bridgehead atoms. The molecule has 4 rings (SSSR count). The maximum absolute atomic E-state index is 13.1. The summed E-state index contributed by atoms with van der Waals surface area (Å²) < 4.78 is 1.94. The molecule has 0 saturated carbocycles. The first-order valence-corrected chi connectivity index (χ1v) is 9.20. The molecule has 5 nitrogen and oxygen atoms in total. The van der Waals surface area contributed by atoms with Gasteiger partial charge in [-0.25, -0.2) is 0 Å². The second-order valence-corrected chi connectivity index (χ2v) is 7.01. The van der Waals surface area contributed by atoms with Crippen LogP contribution in [0.3, 0.4) is 0 Å². The molecule has 140 valence electrons. The van der Waals surface area contributed by atoms with Crippen molar-refractivity contribution in [3.63, 3.8) is 0 Å². The monoisotopic (exact) mass is 391 g/mol. The second kappa shape index (κ2) is 7.37. The van der Waals surface area contributed by atoms with Gasteiger partial charge in [0.2, 0.25) is 5.91 Å². The van der Waals surface area contributed by atoms with Crippen molar-refractivity contribution in [3.05, 3.63) is 83.1 Å². The molecule has 3 aromatic rings. The van der Waals surface area contributed by atoms with Crippen LogP contribution in [0.4, 0.5) is 11.4 Å². The van der Waals surface area contributed by atoms with Gasteiger partial charge in [-0.2, -0.15) is 0 Å². The second-order valence-electron chi connectivity index (χ2n) is 6.57. The van der Waals surface area contributed by atoms with Crippen molar-refractivity contribution in [1.29, 1.82) is 0 Å². The highest BCUT2D eigenvalue weighted by Crippen LogP contribution is 2.37. The van der Waals surface area contributed by atoms with Crippen LogP contribution in [0.15, 0.2) is 66.9 Å². The van der Waals surface area contributed by atoms with Crippen molar-refractivity contribution >= 4 is 46.4 Å². The molecule has 0 radical (unpaired) electrons. The van der Waals surface area contributed by atoms with Gasteiger partial charge in [0.05, 0.1) is 11.3 Å². The molecule has 1 aliphatic rings. The molecule has 2 amide bonds. The van der Waals surface area contributed by atoms with Crippen molar-refractivity contribution in [2.75, 3.05) is 16.8 Å². The molecule has 1 aromatic heterocycles. The van der Waals surface area contributed by atoms with Crippen molar-refractivity contribution in [3.8, 4) is 0 Å². The third-order valence-electron chi connectivity index (χ3n) is 4.65. The van der Waals surface area contributed by atoms with E-state index in [1.165, 1.54) is 4.90 Å². The van der Waals surface area contributed by atoms with Gasteiger partial charge in [-0.3, -0.25) is 14.5 Å². The number of aryl methyl sites for hydroxylation is 1. The number of benzene rings is 2. The van der Waals surface area contributed by atoms with Crippen molar-refractivity contribution in [2.45, 2.75) is 0 Å². The third-order valence-corrected chi connectivity index (χ3v) is 4.88. The predicted octanol–water partition coefficient (Wildman–Crippen LogP) is 4.20. The highest BCUT2D eigenvalue weighted by Gasteiger charge is 2.33. The van der Waals surface area contributed by atoms with Gasteiger partial charge in [-0.05, 0) is 42.5 Å².